The first-order chi connectivity index (χ1) is 9.53. The van der Waals surface area contributed by atoms with Crippen LogP contribution in [0.15, 0.2) is 23.2 Å². The van der Waals surface area contributed by atoms with Gasteiger partial charge in [0.25, 0.3) is 0 Å². The zero-order valence-electron chi connectivity index (χ0n) is 12.1. The third-order valence-electron chi connectivity index (χ3n) is 3.80. The van der Waals surface area contributed by atoms with E-state index in [0.717, 1.165) is 25.8 Å². The molecule has 1 aliphatic rings. The highest BCUT2D eigenvalue weighted by Gasteiger charge is 2.27. The minimum absolute atomic E-state index is 0.00774. The van der Waals surface area contributed by atoms with E-state index in [4.69, 9.17) is 0 Å². The minimum atomic E-state index is -3.46. The van der Waals surface area contributed by atoms with Crippen LogP contribution >= 0.6 is 0 Å². The lowest BCUT2D eigenvalue weighted by molar-refractivity contribution is 0.260. The Balaban J connectivity index is 2.01. The molecule has 1 fully saturated rings. The molecule has 2 N–H and O–H groups in total. The third kappa shape index (κ3) is 3.70. The van der Waals surface area contributed by atoms with Gasteiger partial charge in [-0.1, -0.05) is 13.3 Å². The second-order valence-corrected chi connectivity index (χ2v) is 7.12. The van der Waals surface area contributed by atoms with Gasteiger partial charge in [-0.15, -0.1) is 0 Å². The van der Waals surface area contributed by atoms with Gasteiger partial charge < -0.3 is 5.32 Å². The molecule has 112 valence electrons. The number of rotatable bonds is 7. The standard InChI is InChI=1S/C14H23N3O2S/c1-3-9-15-14-8-7-13(10-16-14)20(18,19)17-11(2)12-5-4-6-12/h7-8,10-12,17H,3-6,9H2,1-2H3,(H,15,16). The number of sulfonamides is 1. The largest absolute Gasteiger partial charge is 0.370 e. The van der Waals surface area contributed by atoms with Crippen molar-refractivity contribution in [3.8, 4) is 0 Å². The molecule has 0 aromatic carbocycles. The molecular weight excluding hydrogens is 274 g/mol. The van der Waals surface area contributed by atoms with E-state index in [0.29, 0.717) is 11.7 Å². The number of pyridine rings is 1. The van der Waals surface area contributed by atoms with Gasteiger partial charge in [0.15, 0.2) is 0 Å². The number of anilines is 1. The van der Waals surface area contributed by atoms with E-state index in [1.54, 1.807) is 12.1 Å². The summed E-state index contributed by atoms with van der Waals surface area (Å²) < 4.78 is 27.2. The van der Waals surface area contributed by atoms with E-state index < -0.39 is 10.0 Å². The van der Waals surface area contributed by atoms with Crippen LogP contribution in [0, 0.1) is 5.92 Å². The lowest BCUT2D eigenvalue weighted by Gasteiger charge is -2.31. The maximum Gasteiger partial charge on any atom is 0.242 e. The molecule has 0 saturated heterocycles. The van der Waals surface area contributed by atoms with E-state index >= 15 is 0 Å². The van der Waals surface area contributed by atoms with Crippen LogP contribution in [0.3, 0.4) is 0 Å². The zero-order chi connectivity index (χ0) is 14.6. The van der Waals surface area contributed by atoms with Crippen LogP contribution in [0.1, 0.15) is 39.5 Å². The summed E-state index contributed by atoms with van der Waals surface area (Å²) in [4.78, 5) is 4.37. The van der Waals surface area contributed by atoms with Crippen LogP contribution in [0.5, 0.6) is 0 Å². The van der Waals surface area contributed by atoms with E-state index in [1.165, 1.54) is 12.6 Å². The Hall–Kier alpha value is -1.14. The molecule has 1 aromatic heterocycles. The quantitative estimate of drug-likeness (QED) is 0.810. The summed E-state index contributed by atoms with van der Waals surface area (Å²) >= 11 is 0. The first-order valence-electron chi connectivity index (χ1n) is 7.25. The molecule has 1 heterocycles. The van der Waals surface area contributed by atoms with Crippen LogP contribution in [0.25, 0.3) is 0 Å². The van der Waals surface area contributed by atoms with Crippen LogP contribution in [-0.2, 0) is 10.0 Å². The highest BCUT2D eigenvalue weighted by atomic mass is 32.2. The molecule has 5 nitrogen and oxygen atoms in total. The topological polar surface area (TPSA) is 71.1 Å². The summed E-state index contributed by atoms with van der Waals surface area (Å²) in [5.41, 5.74) is 0. The summed E-state index contributed by atoms with van der Waals surface area (Å²) in [6, 6.07) is 3.30. The molecule has 1 aliphatic carbocycles. The second kappa shape index (κ2) is 6.54. The average molecular weight is 297 g/mol. The Morgan fingerprint density at radius 3 is 2.65 bits per heavy atom. The predicted octanol–water partition coefficient (Wildman–Crippen LogP) is 2.37. The Labute approximate surface area is 121 Å². The summed E-state index contributed by atoms with van der Waals surface area (Å²) in [5.74, 6) is 1.18. The molecule has 0 aliphatic heterocycles. The van der Waals surface area contributed by atoms with Gasteiger partial charge in [-0.3, -0.25) is 0 Å². The van der Waals surface area contributed by atoms with Crippen molar-refractivity contribution in [2.24, 2.45) is 5.92 Å². The summed E-state index contributed by atoms with van der Waals surface area (Å²) in [5, 5.41) is 3.12. The molecule has 0 spiro atoms. The maximum absolute atomic E-state index is 12.2. The molecule has 20 heavy (non-hydrogen) atoms. The monoisotopic (exact) mass is 297 g/mol. The van der Waals surface area contributed by atoms with Gasteiger partial charge in [0.05, 0.1) is 0 Å². The molecule has 1 saturated carbocycles. The van der Waals surface area contributed by atoms with Crippen LogP contribution < -0.4 is 10.0 Å². The molecule has 0 bridgehead atoms. The summed E-state index contributed by atoms with van der Waals surface area (Å²) in [7, 11) is -3.46. The maximum atomic E-state index is 12.2. The van der Waals surface area contributed by atoms with Gasteiger partial charge in [-0.25, -0.2) is 18.1 Å². The van der Waals surface area contributed by atoms with Gasteiger partial charge in [0.1, 0.15) is 10.7 Å². The van der Waals surface area contributed by atoms with Crippen LogP contribution in [-0.4, -0.2) is 26.0 Å². The van der Waals surface area contributed by atoms with Crippen molar-refractivity contribution in [3.05, 3.63) is 18.3 Å². The Bertz CT molecular complexity index is 524. The van der Waals surface area contributed by atoms with E-state index in [1.807, 2.05) is 6.92 Å². The fourth-order valence-corrected chi connectivity index (χ4v) is 3.50. The number of hydrogen-bond donors (Lipinski definition) is 2. The minimum Gasteiger partial charge on any atom is -0.370 e. The van der Waals surface area contributed by atoms with Gasteiger partial charge in [-0.05, 0) is 44.2 Å². The van der Waals surface area contributed by atoms with E-state index in [9.17, 15) is 8.42 Å². The molecule has 2 rings (SSSR count). The summed E-state index contributed by atoms with van der Waals surface area (Å²) in [6.45, 7) is 4.83. The third-order valence-corrected chi connectivity index (χ3v) is 5.34. The molecule has 0 radical (unpaired) electrons. The van der Waals surface area contributed by atoms with Gasteiger partial charge in [0, 0.05) is 18.8 Å². The predicted molar refractivity (Wildman–Crippen MR) is 80.1 cm³/mol. The van der Waals surface area contributed by atoms with Crippen molar-refractivity contribution >= 4 is 15.8 Å². The van der Waals surface area contributed by atoms with Crippen LogP contribution in [0.2, 0.25) is 0 Å². The lowest BCUT2D eigenvalue weighted by Crippen LogP contribution is -2.40. The SMILES string of the molecule is CCCNc1ccc(S(=O)(=O)NC(C)C2CCC2)cn1. The number of aromatic nitrogens is 1. The van der Waals surface area contributed by atoms with E-state index in [-0.39, 0.29) is 10.9 Å². The van der Waals surface area contributed by atoms with Crippen molar-refractivity contribution in [2.45, 2.75) is 50.5 Å². The number of hydrogen-bond acceptors (Lipinski definition) is 4. The summed E-state index contributed by atoms with van der Waals surface area (Å²) in [6.07, 6.45) is 5.84. The van der Waals surface area contributed by atoms with E-state index in [2.05, 4.69) is 21.9 Å². The van der Waals surface area contributed by atoms with Gasteiger partial charge in [-0.2, -0.15) is 0 Å². The molecule has 1 atom stereocenters. The van der Waals surface area contributed by atoms with Crippen molar-refractivity contribution in [1.82, 2.24) is 9.71 Å². The molecule has 1 aromatic rings. The Morgan fingerprint density at radius 1 is 1.40 bits per heavy atom. The van der Waals surface area contributed by atoms with Gasteiger partial charge >= 0.3 is 0 Å². The molecule has 6 heteroatoms. The second-order valence-electron chi connectivity index (χ2n) is 5.41. The smallest absolute Gasteiger partial charge is 0.242 e. The fraction of sp³-hybridized carbons (Fsp3) is 0.643. The first kappa shape index (κ1) is 15.3. The van der Waals surface area contributed by atoms with Crippen LogP contribution in [0.4, 0.5) is 5.82 Å². The number of nitrogens with one attached hydrogen (secondary N) is 2. The molecular formula is C14H23N3O2S. The lowest BCUT2D eigenvalue weighted by atomic mass is 9.81. The highest BCUT2D eigenvalue weighted by molar-refractivity contribution is 7.89. The first-order valence-corrected chi connectivity index (χ1v) is 8.73. The fourth-order valence-electron chi connectivity index (χ4n) is 2.25. The normalized spacial score (nSPS) is 17.5. The highest BCUT2D eigenvalue weighted by Crippen LogP contribution is 2.30. The number of nitrogens with zero attached hydrogens (tertiary/aromatic N) is 1. The van der Waals surface area contributed by atoms with Crippen molar-refractivity contribution < 1.29 is 8.42 Å². The molecule has 0 amide bonds. The average Bonchev–Trinajstić information content (AvgIpc) is 2.34. The Morgan fingerprint density at radius 2 is 2.15 bits per heavy atom. The van der Waals surface area contributed by atoms with Crippen molar-refractivity contribution in [3.63, 3.8) is 0 Å². The van der Waals surface area contributed by atoms with Gasteiger partial charge in [0.2, 0.25) is 10.0 Å². The zero-order valence-corrected chi connectivity index (χ0v) is 12.9. The Kier molecular flexibility index (Phi) is 4.99. The van der Waals surface area contributed by atoms with Crippen molar-refractivity contribution in [1.29, 1.82) is 0 Å². The molecule has 1 unspecified atom stereocenters. The van der Waals surface area contributed by atoms with Crippen molar-refractivity contribution in [2.75, 3.05) is 11.9 Å².